The SMILES string of the molecule is CC1C(c2ccc(F)cc2F)C2N=C(c3ccc(C#N)cc3)CC(=O)N12. The number of fused-ring (bicyclic) bond motifs is 1. The maximum atomic E-state index is 14.2. The molecule has 0 bridgehead atoms. The van der Waals surface area contributed by atoms with Crippen LogP contribution in [0.1, 0.15) is 36.0 Å². The van der Waals surface area contributed by atoms with E-state index in [0.29, 0.717) is 16.8 Å². The Morgan fingerprint density at radius 1 is 1.19 bits per heavy atom. The highest BCUT2D eigenvalue weighted by Gasteiger charge is 2.52. The van der Waals surface area contributed by atoms with Crippen LogP contribution in [-0.4, -0.2) is 28.7 Å². The van der Waals surface area contributed by atoms with Crippen molar-refractivity contribution < 1.29 is 13.6 Å². The zero-order chi connectivity index (χ0) is 18.4. The first kappa shape index (κ1) is 16.4. The van der Waals surface area contributed by atoms with Crippen LogP contribution in [0.3, 0.4) is 0 Å². The normalized spacial score (nSPS) is 24.4. The Labute approximate surface area is 149 Å². The third-order valence-corrected chi connectivity index (χ3v) is 5.13. The molecule has 2 heterocycles. The molecule has 130 valence electrons. The van der Waals surface area contributed by atoms with Gasteiger partial charge in [-0.25, -0.2) is 8.78 Å². The van der Waals surface area contributed by atoms with E-state index in [4.69, 9.17) is 5.26 Å². The van der Waals surface area contributed by atoms with Crippen molar-refractivity contribution in [3.8, 4) is 6.07 Å². The number of carbonyl (C=O) groups is 1. The average Bonchev–Trinajstić information content (AvgIpc) is 2.63. The number of nitrogens with zero attached hydrogens (tertiary/aromatic N) is 3. The van der Waals surface area contributed by atoms with Gasteiger partial charge in [0, 0.05) is 18.0 Å². The van der Waals surface area contributed by atoms with Gasteiger partial charge in [-0.2, -0.15) is 5.26 Å². The molecule has 0 N–H and O–H groups in total. The highest BCUT2D eigenvalue weighted by atomic mass is 19.1. The molecule has 4 rings (SSSR count). The first-order chi connectivity index (χ1) is 12.5. The highest BCUT2D eigenvalue weighted by Crippen LogP contribution is 2.44. The van der Waals surface area contributed by atoms with E-state index < -0.39 is 17.8 Å². The molecule has 0 radical (unpaired) electrons. The second-order valence-electron chi connectivity index (χ2n) is 6.59. The number of nitriles is 1. The molecule has 2 aliphatic rings. The maximum Gasteiger partial charge on any atom is 0.230 e. The molecule has 6 heteroatoms. The number of benzene rings is 2. The van der Waals surface area contributed by atoms with Crippen LogP contribution in [0.25, 0.3) is 0 Å². The number of amides is 1. The zero-order valence-electron chi connectivity index (χ0n) is 14.0. The quantitative estimate of drug-likeness (QED) is 0.833. The van der Waals surface area contributed by atoms with Crippen molar-refractivity contribution >= 4 is 11.6 Å². The Morgan fingerprint density at radius 3 is 2.58 bits per heavy atom. The molecule has 3 atom stereocenters. The number of halogens is 2. The molecule has 2 aromatic rings. The minimum atomic E-state index is -0.628. The van der Waals surface area contributed by atoms with Gasteiger partial charge in [-0.05, 0) is 36.2 Å². The van der Waals surface area contributed by atoms with Crippen LogP contribution in [0.2, 0.25) is 0 Å². The molecule has 2 aliphatic heterocycles. The fourth-order valence-electron chi connectivity index (χ4n) is 3.80. The summed E-state index contributed by atoms with van der Waals surface area (Å²) in [7, 11) is 0. The summed E-state index contributed by atoms with van der Waals surface area (Å²) in [6.07, 6.45) is -0.317. The third kappa shape index (κ3) is 2.48. The van der Waals surface area contributed by atoms with Gasteiger partial charge in [-0.1, -0.05) is 18.2 Å². The van der Waals surface area contributed by atoms with Crippen molar-refractivity contribution in [3.05, 3.63) is 70.8 Å². The van der Waals surface area contributed by atoms with Gasteiger partial charge < -0.3 is 4.90 Å². The average molecular weight is 351 g/mol. The molecule has 1 saturated heterocycles. The van der Waals surface area contributed by atoms with Gasteiger partial charge >= 0.3 is 0 Å². The van der Waals surface area contributed by atoms with Crippen molar-refractivity contribution in [2.24, 2.45) is 4.99 Å². The van der Waals surface area contributed by atoms with E-state index in [1.54, 1.807) is 29.2 Å². The van der Waals surface area contributed by atoms with E-state index in [1.165, 1.54) is 12.1 Å². The van der Waals surface area contributed by atoms with Gasteiger partial charge in [0.05, 0.1) is 23.8 Å². The van der Waals surface area contributed by atoms with Crippen LogP contribution < -0.4 is 0 Å². The lowest BCUT2D eigenvalue weighted by atomic mass is 9.78. The van der Waals surface area contributed by atoms with Gasteiger partial charge in [0.15, 0.2) is 0 Å². The second-order valence-corrected chi connectivity index (χ2v) is 6.59. The Bertz CT molecular complexity index is 962. The molecule has 1 amide bonds. The zero-order valence-corrected chi connectivity index (χ0v) is 14.0. The molecule has 0 aromatic heterocycles. The molecule has 2 aromatic carbocycles. The van der Waals surface area contributed by atoms with Gasteiger partial charge in [-0.3, -0.25) is 9.79 Å². The monoisotopic (exact) mass is 351 g/mol. The molecule has 26 heavy (non-hydrogen) atoms. The van der Waals surface area contributed by atoms with Crippen LogP contribution in [-0.2, 0) is 4.79 Å². The fourth-order valence-corrected chi connectivity index (χ4v) is 3.80. The Balaban J connectivity index is 1.70. The minimum Gasteiger partial charge on any atom is -0.316 e. The summed E-state index contributed by atoms with van der Waals surface area (Å²) in [5.74, 6) is -1.62. The van der Waals surface area contributed by atoms with Crippen molar-refractivity contribution in [2.75, 3.05) is 0 Å². The van der Waals surface area contributed by atoms with Gasteiger partial charge in [0.25, 0.3) is 0 Å². The maximum absolute atomic E-state index is 14.2. The number of hydrogen-bond donors (Lipinski definition) is 0. The molecular weight excluding hydrogens is 336 g/mol. The Hall–Kier alpha value is -3.07. The van der Waals surface area contributed by atoms with E-state index in [2.05, 4.69) is 11.1 Å². The largest absolute Gasteiger partial charge is 0.316 e. The van der Waals surface area contributed by atoms with Gasteiger partial charge in [-0.15, -0.1) is 0 Å². The van der Waals surface area contributed by atoms with Crippen LogP contribution in [0, 0.1) is 23.0 Å². The first-order valence-corrected chi connectivity index (χ1v) is 8.33. The summed E-state index contributed by atoms with van der Waals surface area (Å²) in [4.78, 5) is 18.9. The van der Waals surface area contributed by atoms with Crippen LogP contribution in [0.15, 0.2) is 47.5 Å². The van der Waals surface area contributed by atoms with E-state index in [0.717, 1.165) is 11.6 Å². The lowest BCUT2D eigenvalue weighted by Gasteiger charge is -2.54. The topological polar surface area (TPSA) is 56.5 Å². The molecule has 0 aliphatic carbocycles. The molecule has 0 saturated carbocycles. The number of carbonyl (C=O) groups excluding carboxylic acids is 1. The van der Waals surface area contributed by atoms with Crippen molar-refractivity contribution in [1.82, 2.24) is 4.90 Å². The summed E-state index contributed by atoms with van der Waals surface area (Å²) >= 11 is 0. The van der Waals surface area contributed by atoms with Gasteiger partial charge in [0.1, 0.15) is 17.8 Å². The number of rotatable bonds is 2. The fraction of sp³-hybridized carbons (Fsp3) is 0.250. The third-order valence-electron chi connectivity index (χ3n) is 5.13. The Morgan fingerprint density at radius 2 is 1.92 bits per heavy atom. The standard InChI is InChI=1S/C20H15F2N3O/c1-11-19(15-7-6-14(21)8-16(15)22)20-24-17(9-18(26)25(11)20)13-4-2-12(10-23)3-5-13/h2-8,11,19-20H,9H2,1H3. The van der Waals surface area contributed by atoms with E-state index in [9.17, 15) is 13.6 Å². The lowest BCUT2D eigenvalue weighted by molar-refractivity contribution is -0.146. The summed E-state index contributed by atoms with van der Waals surface area (Å²) in [6, 6.07) is 12.2. The van der Waals surface area contributed by atoms with Crippen molar-refractivity contribution in [2.45, 2.75) is 31.5 Å². The molecular formula is C20H15F2N3O. The summed E-state index contributed by atoms with van der Waals surface area (Å²) < 4.78 is 27.4. The van der Waals surface area contributed by atoms with Crippen molar-refractivity contribution in [3.63, 3.8) is 0 Å². The highest BCUT2D eigenvalue weighted by molar-refractivity contribution is 6.12. The number of aliphatic imine (C=N–C) groups is 1. The van der Waals surface area contributed by atoms with Crippen LogP contribution in [0.4, 0.5) is 8.78 Å². The summed E-state index contributed by atoms with van der Waals surface area (Å²) in [5.41, 5.74) is 2.30. The molecule has 3 unspecified atom stereocenters. The van der Waals surface area contributed by atoms with E-state index in [1.807, 2.05) is 6.92 Å². The smallest absolute Gasteiger partial charge is 0.230 e. The predicted molar refractivity (Wildman–Crippen MR) is 91.5 cm³/mol. The van der Waals surface area contributed by atoms with Crippen LogP contribution >= 0.6 is 0 Å². The van der Waals surface area contributed by atoms with Crippen molar-refractivity contribution in [1.29, 1.82) is 5.26 Å². The van der Waals surface area contributed by atoms with Gasteiger partial charge in [0.2, 0.25) is 5.91 Å². The summed E-state index contributed by atoms with van der Waals surface area (Å²) in [6.45, 7) is 1.85. The minimum absolute atomic E-state index is 0.0596. The molecule has 0 spiro atoms. The second kappa shape index (κ2) is 6.03. The van der Waals surface area contributed by atoms with Crippen LogP contribution in [0.5, 0.6) is 0 Å². The number of hydrogen-bond acceptors (Lipinski definition) is 3. The molecule has 1 fully saturated rings. The predicted octanol–water partition coefficient (Wildman–Crippen LogP) is 3.37. The summed E-state index contributed by atoms with van der Waals surface area (Å²) in [5, 5.41) is 8.90. The lowest BCUT2D eigenvalue weighted by Crippen LogP contribution is -2.64. The van der Waals surface area contributed by atoms with E-state index >= 15 is 0 Å². The molecule has 4 nitrogen and oxygen atoms in total. The Kier molecular flexibility index (Phi) is 3.80. The van der Waals surface area contributed by atoms with E-state index in [-0.39, 0.29) is 24.3 Å². The first-order valence-electron chi connectivity index (χ1n) is 8.33.